The van der Waals surface area contributed by atoms with Gasteiger partial charge in [-0.05, 0) is 50.8 Å². The maximum Gasteiger partial charge on any atom is 0.326 e. The number of nitrogens with two attached hydrogens (primary N) is 3. The minimum absolute atomic E-state index is 0.00212. The molecule has 13 nitrogen and oxygen atoms in total. The van der Waals surface area contributed by atoms with E-state index in [0.29, 0.717) is 19.4 Å². The Morgan fingerprint density at radius 3 is 2.29 bits per heavy atom. The first-order valence-corrected chi connectivity index (χ1v) is 12.5. The van der Waals surface area contributed by atoms with E-state index in [1.54, 1.807) is 6.20 Å². The average Bonchev–Trinajstić information content (AvgIpc) is 3.28. The Balaban J connectivity index is 2.14. The van der Waals surface area contributed by atoms with Crippen molar-refractivity contribution in [3.63, 3.8) is 0 Å². The summed E-state index contributed by atoms with van der Waals surface area (Å²) in [5.41, 5.74) is 18.0. The van der Waals surface area contributed by atoms with E-state index in [4.69, 9.17) is 17.2 Å². The maximum absolute atomic E-state index is 13.2. The molecule has 1 heterocycles. The van der Waals surface area contributed by atoms with Crippen LogP contribution in [0.1, 0.15) is 44.6 Å². The molecule has 0 spiro atoms. The van der Waals surface area contributed by atoms with Crippen molar-refractivity contribution in [2.24, 2.45) is 17.2 Å². The zero-order chi connectivity index (χ0) is 28.2. The Labute approximate surface area is 220 Å². The van der Waals surface area contributed by atoms with Crippen LogP contribution in [0, 0.1) is 0 Å². The van der Waals surface area contributed by atoms with Gasteiger partial charge in [0.25, 0.3) is 0 Å². The summed E-state index contributed by atoms with van der Waals surface area (Å²) in [6, 6.07) is 3.01. The molecule has 0 saturated carbocycles. The number of hydrogen-bond donors (Lipinski definition) is 8. The lowest BCUT2D eigenvalue weighted by Gasteiger charge is -2.23. The third-order valence-corrected chi connectivity index (χ3v) is 6.08. The first-order chi connectivity index (χ1) is 18.0. The number of nitrogens with one attached hydrogen (secondary N) is 4. The van der Waals surface area contributed by atoms with E-state index in [9.17, 15) is 29.1 Å². The van der Waals surface area contributed by atoms with Crippen molar-refractivity contribution in [3.05, 3.63) is 36.0 Å². The van der Waals surface area contributed by atoms with Crippen LogP contribution in [0.5, 0.6) is 0 Å². The molecule has 0 radical (unpaired) electrons. The number of fused-ring (bicyclic) bond motifs is 1. The van der Waals surface area contributed by atoms with Crippen molar-refractivity contribution in [1.29, 1.82) is 0 Å². The molecule has 0 aliphatic rings. The quantitative estimate of drug-likeness (QED) is 0.125. The van der Waals surface area contributed by atoms with Gasteiger partial charge in [0, 0.05) is 29.9 Å². The molecule has 0 aliphatic heterocycles. The Bertz CT molecular complexity index is 1130. The molecule has 4 atom stereocenters. The summed E-state index contributed by atoms with van der Waals surface area (Å²) in [5.74, 6) is -3.81. The lowest BCUT2D eigenvalue weighted by molar-refractivity contribution is -0.142. The van der Waals surface area contributed by atoms with Crippen molar-refractivity contribution in [2.45, 2.75) is 69.6 Å². The van der Waals surface area contributed by atoms with Crippen LogP contribution in [0.4, 0.5) is 0 Å². The Kier molecular flexibility index (Phi) is 11.7. The fraction of sp³-hybridized carbons (Fsp3) is 0.480. The highest BCUT2D eigenvalue weighted by molar-refractivity contribution is 5.94. The van der Waals surface area contributed by atoms with Gasteiger partial charge in [-0.3, -0.25) is 19.2 Å². The van der Waals surface area contributed by atoms with Crippen LogP contribution in [0.2, 0.25) is 0 Å². The standard InChI is InChI=1S/C25H37N7O6/c1-14(22(34)31-19(25(37)38)8-4-5-11-26)30-24(36)20(32-23(35)17(27)9-10-21(28)33)12-15-13-29-18-7-3-2-6-16(15)18/h2-3,6-7,13-14,17,19-20,29H,4-5,8-12,26-27H2,1H3,(H2,28,33)(H,30,36)(H,31,34)(H,32,35)(H,37,38). The number of aromatic amines is 1. The molecule has 38 heavy (non-hydrogen) atoms. The number of H-pyrrole nitrogens is 1. The predicted octanol–water partition coefficient (Wildman–Crippen LogP) is -1.01. The Morgan fingerprint density at radius 1 is 0.947 bits per heavy atom. The summed E-state index contributed by atoms with van der Waals surface area (Å²) in [5, 5.41) is 17.8. The highest BCUT2D eigenvalue weighted by Gasteiger charge is 2.29. The number of amides is 4. The zero-order valence-electron chi connectivity index (χ0n) is 21.4. The van der Waals surface area contributed by atoms with Crippen LogP contribution in [0.3, 0.4) is 0 Å². The van der Waals surface area contributed by atoms with Gasteiger partial charge < -0.3 is 43.2 Å². The summed E-state index contributed by atoms with van der Waals surface area (Å²) >= 11 is 0. The van der Waals surface area contributed by atoms with Crippen molar-refractivity contribution in [2.75, 3.05) is 6.54 Å². The number of carboxylic acid groups (broad SMARTS) is 1. The van der Waals surface area contributed by atoms with Crippen molar-refractivity contribution in [1.82, 2.24) is 20.9 Å². The van der Waals surface area contributed by atoms with Crippen LogP contribution in [-0.4, -0.2) is 70.4 Å². The number of aromatic nitrogens is 1. The first-order valence-electron chi connectivity index (χ1n) is 12.5. The van der Waals surface area contributed by atoms with Gasteiger partial charge in [0.15, 0.2) is 0 Å². The number of carbonyl (C=O) groups is 5. The van der Waals surface area contributed by atoms with Gasteiger partial charge in [0.2, 0.25) is 23.6 Å². The summed E-state index contributed by atoms with van der Waals surface area (Å²) < 4.78 is 0. The van der Waals surface area contributed by atoms with Gasteiger partial charge >= 0.3 is 5.97 Å². The van der Waals surface area contributed by atoms with Gasteiger partial charge in [-0.25, -0.2) is 4.79 Å². The molecule has 0 bridgehead atoms. The molecule has 208 valence electrons. The topological polar surface area (TPSA) is 236 Å². The average molecular weight is 532 g/mol. The summed E-state index contributed by atoms with van der Waals surface area (Å²) in [7, 11) is 0. The van der Waals surface area contributed by atoms with Crippen molar-refractivity contribution >= 4 is 40.5 Å². The second kappa shape index (κ2) is 14.7. The number of hydrogen-bond acceptors (Lipinski definition) is 7. The molecule has 2 rings (SSSR count). The van der Waals surface area contributed by atoms with Gasteiger partial charge in [-0.15, -0.1) is 0 Å². The van der Waals surface area contributed by atoms with Crippen LogP contribution in [0.25, 0.3) is 10.9 Å². The first kappa shape index (κ1) is 30.3. The maximum atomic E-state index is 13.2. The smallest absolute Gasteiger partial charge is 0.326 e. The third kappa shape index (κ3) is 9.16. The van der Waals surface area contributed by atoms with E-state index in [1.165, 1.54) is 6.92 Å². The Morgan fingerprint density at radius 2 is 1.63 bits per heavy atom. The van der Waals surface area contributed by atoms with E-state index in [1.807, 2.05) is 24.3 Å². The van der Waals surface area contributed by atoms with E-state index < -0.39 is 53.8 Å². The molecule has 1 aromatic heterocycles. The number of rotatable bonds is 16. The number of unbranched alkanes of at least 4 members (excludes halogenated alkanes) is 1. The summed E-state index contributed by atoms with van der Waals surface area (Å²) in [4.78, 5) is 64.2. The van der Waals surface area contributed by atoms with Crippen molar-refractivity contribution < 1.29 is 29.1 Å². The molecule has 0 aliphatic carbocycles. The lowest BCUT2D eigenvalue weighted by atomic mass is 10.0. The molecule has 2 aromatic rings. The molecule has 11 N–H and O–H groups in total. The van der Waals surface area contributed by atoms with E-state index in [0.717, 1.165) is 16.5 Å². The SMILES string of the molecule is CC(NC(=O)C(Cc1c[nH]c2ccccc12)NC(=O)C(N)CCC(N)=O)C(=O)NC(CCCCN)C(=O)O. The van der Waals surface area contributed by atoms with Crippen LogP contribution >= 0.6 is 0 Å². The number of carboxylic acids is 1. The van der Waals surface area contributed by atoms with E-state index >= 15 is 0 Å². The molecule has 1 aromatic carbocycles. The second-order valence-corrected chi connectivity index (χ2v) is 9.15. The molecule has 4 unspecified atom stereocenters. The fourth-order valence-electron chi connectivity index (χ4n) is 3.86. The number of aliphatic carboxylic acids is 1. The van der Waals surface area contributed by atoms with Gasteiger partial charge in [-0.2, -0.15) is 0 Å². The molecule has 4 amide bonds. The highest BCUT2D eigenvalue weighted by atomic mass is 16.4. The van der Waals surface area contributed by atoms with E-state index in [-0.39, 0.29) is 25.7 Å². The normalized spacial score (nSPS) is 14.2. The predicted molar refractivity (Wildman–Crippen MR) is 140 cm³/mol. The third-order valence-electron chi connectivity index (χ3n) is 6.08. The number of para-hydroxylation sites is 1. The molecular formula is C25H37N7O6. The lowest BCUT2D eigenvalue weighted by Crippen LogP contribution is -2.56. The minimum atomic E-state index is -1.19. The molecule has 13 heteroatoms. The van der Waals surface area contributed by atoms with Gasteiger partial charge in [-0.1, -0.05) is 18.2 Å². The van der Waals surface area contributed by atoms with Gasteiger partial charge in [0.1, 0.15) is 18.1 Å². The zero-order valence-corrected chi connectivity index (χ0v) is 21.4. The highest BCUT2D eigenvalue weighted by Crippen LogP contribution is 2.19. The molecular weight excluding hydrogens is 494 g/mol. The number of carbonyl (C=O) groups excluding carboxylic acids is 4. The monoisotopic (exact) mass is 531 g/mol. The van der Waals surface area contributed by atoms with Gasteiger partial charge in [0.05, 0.1) is 6.04 Å². The summed E-state index contributed by atoms with van der Waals surface area (Å²) in [6.45, 7) is 1.82. The van der Waals surface area contributed by atoms with Crippen LogP contribution < -0.4 is 33.2 Å². The number of primary amides is 1. The Hall–Kier alpha value is -3.97. The van der Waals surface area contributed by atoms with Crippen LogP contribution in [0.15, 0.2) is 30.5 Å². The van der Waals surface area contributed by atoms with E-state index in [2.05, 4.69) is 20.9 Å². The molecule has 0 fully saturated rings. The van der Waals surface area contributed by atoms with Crippen molar-refractivity contribution in [3.8, 4) is 0 Å². The summed E-state index contributed by atoms with van der Waals surface area (Å²) in [6.07, 6.45) is 3.03. The largest absolute Gasteiger partial charge is 0.480 e. The second-order valence-electron chi connectivity index (χ2n) is 9.15. The number of benzene rings is 1. The minimum Gasteiger partial charge on any atom is -0.480 e. The van der Waals surface area contributed by atoms with Crippen LogP contribution in [-0.2, 0) is 30.4 Å². The molecule has 0 saturated heterocycles. The fourth-order valence-corrected chi connectivity index (χ4v) is 3.86.